The van der Waals surface area contributed by atoms with Crippen LogP contribution in [0.25, 0.3) is 0 Å². The zero-order valence-corrected chi connectivity index (χ0v) is 20.3. The minimum absolute atomic E-state index is 0. The number of unbranched alkanes of at least 4 members (excludes halogenated alkanes) is 1. The van der Waals surface area contributed by atoms with Gasteiger partial charge in [-0.1, -0.05) is 45.4 Å². The molecule has 0 radical (unpaired) electrons. The Morgan fingerprint density at radius 2 is 1.75 bits per heavy atom. The van der Waals surface area contributed by atoms with Gasteiger partial charge in [-0.05, 0) is 31.6 Å². The van der Waals surface area contributed by atoms with Crippen LogP contribution in [0.15, 0.2) is 4.99 Å². The van der Waals surface area contributed by atoms with Crippen LogP contribution in [0.1, 0.15) is 71.1 Å². The van der Waals surface area contributed by atoms with E-state index >= 15 is 0 Å². The molecule has 28 heavy (non-hydrogen) atoms. The molecule has 0 spiro atoms. The van der Waals surface area contributed by atoms with Crippen LogP contribution in [-0.4, -0.2) is 62.6 Å². The number of hydrogen-bond donors (Lipinski definition) is 3. The Kier molecular flexibility index (Phi) is 13.9. The van der Waals surface area contributed by atoms with Crippen molar-refractivity contribution in [3.05, 3.63) is 0 Å². The Bertz CT molecular complexity index is 446. The fraction of sp³-hybridized carbons (Fsp3) is 0.905. The Hall–Kier alpha value is -0.570. The number of hydrogen-bond acceptors (Lipinski definition) is 3. The van der Waals surface area contributed by atoms with Crippen molar-refractivity contribution in [3.8, 4) is 0 Å². The van der Waals surface area contributed by atoms with Crippen molar-refractivity contribution in [2.24, 2.45) is 10.9 Å². The number of likely N-dealkylation sites (tertiary alicyclic amines) is 1. The van der Waals surface area contributed by atoms with E-state index in [-0.39, 0.29) is 29.9 Å². The van der Waals surface area contributed by atoms with Gasteiger partial charge in [0.1, 0.15) is 0 Å². The monoisotopic (exact) mass is 507 g/mol. The van der Waals surface area contributed by atoms with Gasteiger partial charge in [-0.25, -0.2) is 0 Å². The second-order valence-electron chi connectivity index (χ2n) is 8.19. The molecule has 2 aliphatic rings. The topological polar surface area (TPSA) is 68.8 Å². The second-order valence-corrected chi connectivity index (χ2v) is 8.19. The van der Waals surface area contributed by atoms with Crippen molar-refractivity contribution in [1.29, 1.82) is 0 Å². The normalized spacial score (nSPS) is 19.3. The van der Waals surface area contributed by atoms with Gasteiger partial charge in [0.15, 0.2) is 5.96 Å². The summed E-state index contributed by atoms with van der Waals surface area (Å²) >= 11 is 0. The molecule has 1 aliphatic heterocycles. The van der Waals surface area contributed by atoms with E-state index in [0.29, 0.717) is 12.6 Å². The summed E-state index contributed by atoms with van der Waals surface area (Å²) in [6.45, 7) is 6.32. The Morgan fingerprint density at radius 3 is 2.39 bits per heavy atom. The molecule has 7 heteroatoms. The summed E-state index contributed by atoms with van der Waals surface area (Å²) in [6.07, 6.45) is 12.9. The van der Waals surface area contributed by atoms with Gasteiger partial charge in [0, 0.05) is 39.3 Å². The van der Waals surface area contributed by atoms with E-state index in [1.807, 2.05) is 7.05 Å². The highest BCUT2D eigenvalue weighted by atomic mass is 127. The van der Waals surface area contributed by atoms with Crippen molar-refractivity contribution in [2.45, 2.75) is 77.2 Å². The molecule has 1 saturated heterocycles. The SMILES string of the molecule is CCCNC(=O)CN1CCC(NC(=NC)NCCCCC2CCCC2)CC1.I. The molecular formula is C21H42IN5O. The maximum absolute atomic E-state index is 11.8. The van der Waals surface area contributed by atoms with Gasteiger partial charge in [-0.15, -0.1) is 24.0 Å². The van der Waals surface area contributed by atoms with E-state index in [4.69, 9.17) is 0 Å². The highest BCUT2D eigenvalue weighted by molar-refractivity contribution is 14.0. The first-order valence-electron chi connectivity index (χ1n) is 11.2. The average Bonchev–Trinajstić information content (AvgIpc) is 3.20. The minimum atomic E-state index is 0. The van der Waals surface area contributed by atoms with Crippen LogP contribution in [-0.2, 0) is 4.79 Å². The Labute approximate surface area is 189 Å². The molecule has 0 unspecified atom stereocenters. The third kappa shape index (κ3) is 10.3. The van der Waals surface area contributed by atoms with Crippen LogP contribution >= 0.6 is 24.0 Å². The van der Waals surface area contributed by atoms with E-state index in [1.165, 1.54) is 44.9 Å². The predicted molar refractivity (Wildman–Crippen MR) is 128 cm³/mol. The van der Waals surface area contributed by atoms with Gasteiger partial charge < -0.3 is 16.0 Å². The van der Waals surface area contributed by atoms with Gasteiger partial charge in [-0.2, -0.15) is 0 Å². The fourth-order valence-electron chi connectivity index (χ4n) is 4.21. The Balaban J connectivity index is 0.00000392. The quantitative estimate of drug-likeness (QED) is 0.184. The molecule has 1 heterocycles. The van der Waals surface area contributed by atoms with Crippen LogP contribution in [0, 0.1) is 5.92 Å². The summed E-state index contributed by atoms with van der Waals surface area (Å²) in [6, 6.07) is 0.449. The molecule has 2 fully saturated rings. The molecule has 0 aromatic heterocycles. The van der Waals surface area contributed by atoms with Crippen molar-refractivity contribution in [2.75, 3.05) is 39.8 Å². The lowest BCUT2D eigenvalue weighted by Crippen LogP contribution is -2.50. The minimum Gasteiger partial charge on any atom is -0.356 e. The van der Waals surface area contributed by atoms with Crippen molar-refractivity contribution < 1.29 is 4.79 Å². The lowest BCUT2D eigenvalue weighted by Gasteiger charge is -2.32. The average molecular weight is 508 g/mol. The lowest BCUT2D eigenvalue weighted by molar-refractivity contribution is -0.122. The zero-order chi connectivity index (χ0) is 19.3. The molecule has 3 N–H and O–H groups in total. The number of nitrogens with one attached hydrogen (secondary N) is 3. The third-order valence-corrected chi connectivity index (χ3v) is 5.90. The summed E-state index contributed by atoms with van der Waals surface area (Å²) in [5.74, 6) is 2.07. The number of nitrogens with zero attached hydrogens (tertiary/aromatic N) is 2. The van der Waals surface area contributed by atoms with Crippen LogP contribution in [0.4, 0.5) is 0 Å². The molecule has 0 aromatic carbocycles. The van der Waals surface area contributed by atoms with Gasteiger partial charge in [0.05, 0.1) is 6.54 Å². The van der Waals surface area contributed by atoms with Gasteiger partial charge in [0.25, 0.3) is 0 Å². The molecule has 0 bridgehead atoms. The summed E-state index contributed by atoms with van der Waals surface area (Å²) in [4.78, 5) is 18.5. The van der Waals surface area contributed by atoms with E-state index in [1.54, 1.807) is 0 Å². The molecule has 2 rings (SSSR count). The number of halogens is 1. The predicted octanol–water partition coefficient (Wildman–Crippen LogP) is 3.12. The first kappa shape index (κ1) is 25.5. The van der Waals surface area contributed by atoms with E-state index in [2.05, 4.69) is 32.8 Å². The second kappa shape index (κ2) is 15.3. The number of rotatable bonds is 10. The zero-order valence-electron chi connectivity index (χ0n) is 18.0. The third-order valence-electron chi connectivity index (χ3n) is 5.90. The van der Waals surface area contributed by atoms with E-state index in [0.717, 1.165) is 57.3 Å². The van der Waals surface area contributed by atoms with Crippen LogP contribution in [0.5, 0.6) is 0 Å². The number of aliphatic imine (C=N–C) groups is 1. The maximum atomic E-state index is 11.8. The smallest absolute Gasteiger partial charge is 0.234 e. The molecule has 1 saturated carbocycles. The first-order chi connectivity index (χ1) is 13.2. The number of piperidine rings is 1. The van der Waals surface area contributed by atoms with Gasteiger partial charge in [-0.3, -0.25) is 14.7 Å². The molecule has 0 aromatic rings. The largest absolute Gasteiger partial charge is 0.356 e. The van der Waals surface area contributed by atoms with E-state index < -0.39 is 0 Å². The number of carbonyl (C=O) groups excluding carboxylic acids is 1. The molecule has 1 aliphatic carbocycles. The van der Waals surface area contributed by atoms with Crippen LogP contribution < -0.4 is 16.0 Å². The molecule has 1 amide bonds. The van der Waals surface area contributed by atoms with Gasteiger partial charge in [0.2, 0.25) is 5.91 Å². The van der Waals surface area contributed by atoms with Crippen LogP contribution in [0.2, 0.25) is 0 Å². The number of amides is 1. The number of guanidine groups is 1. The molecule has 6 nitrogen and oxygen atoms in total. The molecule has 0 atom stereocenters. The summed E-state index contributed by atoms with van der Waals surface area (Å²) in [5.41, 5.74) is 0. The first-order valence-corrected chi connectivity index (χ1v) is 11.2. The van der Waals surface area contributed by atoms with Crippen molar-refractivity contribution in [3.63, 3.8) is 0 Å². The summed E-state index contributed by atoms with van der Waals surface area (Å²) in [7, 11) is 1.85. The highest BCUT2D eigenvalue weighted by Gasteiger charge is 2.21. The van der Waals surface area contributed by atoms with Crippen molar-refractivity contribution >= 4 is 35.8 Å². The number of carbonyl (C=O) groups is 1. The lowest BCUT2D eigenvalue weighted by atomic mass is 10.0. The highest BCUT2D eigenvalue weighted by Crippen LogP contribution is 2.28. The van der Waals surface area contributed by atoms with E-state index in [9.17, 15) is 4.79 Å². The fourth-order valence-corrected chi connectivity index (χ4v) is 4.21. The molecule has 164 valence electrons. The molecular weight excluding hydrogens is 465 g/mol. The standard InChI is InChI=1S/C21H41N5O.HI/c1-3-13-23-20(27)17-26-15-11-19(12-16-26)25-21(22-2)24-14-7-6-10-18-8-4-5-9-18;/h18-19H,3-17H2,1-2H3,(H,23,27)(H2,22,24,25);1H. The maximum Gasteiger partial charge on any atom is 0.234 e. The van der Waals surface area contributed by atoms with Crippen LogP contribution in [0.3, 0.4) is 0 Å². The summed E-state index contributed by atoms with van der Waals surface area (Å²) in [5, 5.41) is 9.99. The Morgan fingerprint density at radius 1 is 1.04 bits per heavy atom. The van der Waals surface area contributed by atoms with Gasteiger partial charge >= 0.3 is 0 Å². The summed E-state index contributed by atoms with van der Waals surface area (Å²) < 4.78 is 0. The van der Waals surface area contributed by atoms with Crippen molar-refractivity contribution in [1.82, 2.24) is 20.9 Å².